The summed E-state index contributed by atoms with van der Waals surface area (Å²) >= 11 is 5.25. The summed E-state index contributed by atoms with van der Waals surface area (Å²) in [5.74, 6) is -0.147. The smallest absolute Gasteiger partial charge is 0.338 e. The van der Waals surface area contributed by atoms with Crippen molar-refractivity contribution in [2.45, 2.75) is 42.6 Å². The van der Waals surface area contributed by atoms with Crippen LogP contribution in [0.2, 0.25) is 0 Å². The molecule has 2 aromatic carbocycles. The van der Waals surface area contributed by atoms with E-state index in [1.54, 1.807) is 17.8 Å². The zero-order valence-corrected chi connectivity index (χ0v) is 19.9. The Kier molecular flexibility index (Phi) is 7.64. The summed E-state index contributed by atoms with van der Waals surface area (Å²) in [4.78, 5) is 24.8. The predicted molar refractivity (Wildman–Crippen MR) is 124 cm³/mol. The highest BCUT2D eigenvalue weighted by atomic mass is 79.9. The van der Waals surface area contributed by atoms with Gasteiger partial charge >= 0.3 is 11.9 Å². The fraction of sp³-hybridized carbons (Fsp3) is 0.417. The fourth-order valence-corrected chi connectivity index (χ4v) is 5.91. The summed E-state index contributed by atoms with van der Waals surface area (Å²) in [6.07, 6.45) is 3.59. The Bertz CT molecular complexity index is 912. The zero-order valence-electron chi connectivity index (χ0n) is 17.5. The van der Waals surface area contributed by atoms with Gasteiger partial charge in [0.15, 0.2) is 0 Å². The molecule has 1 aliphatic rings. The quantitative estimate of drug-likeness (QED) is 0.404. The van der Waals surface area contributed by atoms with E-state index in [0.29, 0.717) is 17.9 Å². The average molecular weight is 491 g/mol. The summed E-state index contributed by atoms with van der Waals surface area (Å²) in [6.45, 7) is 2.01. The van der Waals surface area contributed by atoms with Crippen LogP contribution in [0.5, 0.6) is 0 Å². The van der Waals surface area contributed by atoms with Crippen molar-refractivity contribution in [1.82, 2.24) is 0 Å². The summed E-state index contributed by atoms with van der Waals surface area (Å²) in [5, 5.41) is 0.0814. The molecular weight excluding hydrogens is 464 g/mol. The van der Waals surface area contributed by atoms with Crippen LogP contribution in [0.4, 0.5) is 0 Å². The van der Waals surface area contributed by atoms with Crippen LogP contribution in [0, 0.1) is 5.92 Å². The minimum atomic E-state index is -0.580. The number of methoxy groups -OCH3 is 2. The minimum absolute atomic E-state index is 0.0814. The van der Waals surface area contributed by atoms with E-state index in [2.05, 4.69) is 28.1 Å². The van der Waals surface area contributed by atoms with Gasteiger partial charge in [-0.15, -0.1) is 11.8 Å². The van der Waals surface area contributed by atoms with E-state index in [0.717, 1.165) is 34.9 Å². The maximum atomic E-state index is 12.7. The summed E-state index contributed by atoms with van der Waals surface area (Å²) < 4.78 is 10.5. The molecule has 4 nitrogen and oxygen atoms in total. The van der Waals surface area contributed by atoms with Crippen LogP contribution in [0.25, 0.3) is 0 Å². The highest BCUT2D eigenvalue weighted by Gasteiger charge is 2.50. The van der Waals surface area contributed by atoms with Crippen LogP contribution in [0.15, 0.2) is 53.0 Å². The normalized spacial score (nSPS) is 16.4. The summed E-state index contributed by atoms with van der Waals surface area (Å²) in [7, 11) is 2.86. The third-order valence-corrected chi connectivity index (χ3v) is 7.93. The van der Waals surface area contributed by atoms with Crippen molar-refractivity contribution in [2.24, 2.45) is 5.92 Å². The molecule has 0 amide bonds. The number of carbonyl (C=O) groups excluding carboxylic acids is 2. The number of hydrogen-bond acceptors (Lipinski definition) is 5. The van der Waals surface area contributed by atoms with Crippen LogP contribution < -0.4 is 0 Å². The Morgan fingerprint density at radius 3 is 2.50 bits per heavy atom. The summed E-state index contributed by atoms with van der Waals surface area (Å²) in [6, 6.07) is 15.8. The topological polar surface area (TPSA) is 52.6 Å². The highest BCUT2D eigenvalue weighted by Crippen LogP contribution is 2.53. The molecule has 6 heteroatoms. The Labute approximate surface area is 190 Å². The Morgan fingerprint density at radius 2 is 1.87 bits per heavy atom. The molecule has 0 aliphatic heterocycles. The lowest BCUT2D eigenvalue weighted by atomic mass is 9.99. The molecule has 2 unspecified atom stereocenters. The van der Waals surface area contributed by atoms with Crippen LogP contribution in [0.3, 0.4) is 0 Å². The Hall–Kier alpha value is -1.79. The third-order valence-electron chi connectivity index (χ3n) is 5.65. The van der Waals surface area contributed by atoms with Gasteiger partial charge in [0, 0.05) is 9.72 Å². The number of rotatable bonds is 9. The zero-order chi connectivity index (χ0) is 21.7. The van der Waals surface area contributed by atoms with Crippen LogP contribution in [-0.2, 0) is 20.7 Å². The fourth-order valence-electron chi connectivity index (χ4n) is 3.78. The second kappa shape index (κ2) is 10.0. The van der Waals surface area contributed by atoms with Crippen molar-refractivity contribution in [2.75, 3.05) is 14.2 Å². The second-order valence-electron chi connectivity index (χ2n) is 7.72. The first-order chi connectivity index (χ1) is 14.4. The van der Waals surface area contributed by atoms with Gasteiger partial charge < -0.3 is 9.47 Å². The van der Waals surface area contributed by atoms with Gasteiger partial charge in [-0.05, 0) is 67.9 Å². The molecule has 160 valence electrons. The molecule has 1 aliphatic carbocycles. The van der Waals surface area contributed by atoms with Crippen LogP contribution >= 0.6 is 27.7 Å². The molecule has 0 N–H and O–H groups in total. The lowest BCUT2D eigenvalue weighted by molar-refractivity contribution is -0.143. The number of thioether (sulfide) groups is 1. The van der Waals surface area contributed by atoms with E-state index < -0.39 is 4.75 Å². The maximum absolute atomic E-state index is 12.7. The molecule has 1 fully saturated rings. The largest absolute Gasteiger partial charge is 0.468 e. The molecule has 1 saturated carbocycles. The Morgan fingerprint density at radius 1 is 1.13 bits per heavy atom. The lowest BCUT2D eigenvalue weighted by Gasteiger charge is -2.31. The molecule has 2 atom stereocenters. The van der Waals surface area contributed by atoms with Gasteiger partial charge in [0.1, 0.15) is 4.75 Å². The number of benzene rings is 2. The number of ether oxygens (including phenoxy) is 2. The predicted octanol–water partition coefficient (Wildman–Crippen LogP) is 5.98. The SMILES string of the molecule is COC(=O)c1ccccc1CCC(SC(C)(C(=O)OC)C1CC1)c1cccc(Br)c1. The van der Waals surface area contributed by atoms with Crippen molar-refractivity contribution in [3.8, 4) is 0 Å². The highest BCUT2D eigenvalue weighted by molar-refractivity contribution is 9.10. The van der Waals surface area contributed by atoms with E-state index in [1.165, 1.54) is 14.2 Å². The number of esters is 2. The average Bonchev–Trinajstić information content (AvgIpc) is 3.61. The van der Waals surface area contributed by atoms with Gasteiger partial charge in [0.05, 0.1) is 19.8 Å². The molecule has 3 rings (SSSR count). The number of carbonyl (C=O) groups is 2. The Balaban J connectivity index is 1.88. The third kappa shape index (κ3) is 5.27. The first-order valence-electron chi connectivity index (χ1n) is 10.1. The van der Waals surface area contributed by atoms with E-state index in [9.17, 15) is 9.59 Å². The van der Waals surface area contributed by atoms with Gasteiger partial charge in [-0.3, -0.25) is 4.79 Å². The van der Waals surface area contributed by atoms with Gasteiger partial charge in [0.25, 0.3) is 0 Å². The van der Waals surface area contributed by atoms with E-state index in [1.807, 2.05) is 37.3 Å². The van der Waals surface area contributed by atoms with Gasteiger partial charge in [0.2, 0.25) is 0 Å². The maximum Gasteiger partial charge on any atom is 0.338 e. The van der Waals surface area contributed by atoms with E-state index in [4.69, 9.17) is 9.47 Å². The molecule has 0 spiro atoms. The van der Waals surface area contributed by atoms with Crippen LogP contribution in [0.1, 0.15) is 52.9 Å². The number of halogens is 1. The second-order valence-corrected chi connectivity index (χ2v) is 10.3. The van der Waals surface area contributed by atoms with Crippen molar-refractivity contribution in [3.63, 3.8) is 0 Å². The summed E-state index contributed by atoms with van der Waals surface area (Å²) in [5.41, 5.74) is 2.70. The minimum Gasteiger partial charge on any atom is -0.468 e. The molecule has 0 saturated heterocycles. The number of aryl methyl sites for hydroxylation is 1. The molecule has 0 aromatic heterocycles. The lowest BCUT2D eigenvalue weighted by Crippen LogP contribution is -2.36. The number of hydrogen-bond donors (Lipinski definition) is 0. The molecule has 0 bridgehead atoms. The van der Waals surface area contributed by atoms with Crippen molar-refractivity contribution in [3.05, 3.63) is 69.7 Å². The van der Waals surface area contributed by atoms with Gasteiger partial charge in [-0.2, -0.15) is 0 Å². The molecule has 0 radical (unpaired) electrons. The van der Waals surface area contributed by atoms with Gasteiger partial charge in [-0.1, -0.05) is 46.3 Å². The van der Waals surface area contributed by atoms with Gasteiger partial charge in [-0.25, -0.2) is 4.79 Å². The van der Waals surface area contributed by atoms with Crippen molar-refractivity contribution < 1.29 is 19.1 Å². The molecular formula is C24H27BrO4S. The first-order valence-corrected chi connectivity index (χ1v) is 11.7. The molecule has 2 aromatic rings. The molecule has 30 heavy (non-hydrogen) atoms. The van der Waals surface area contributed by atoms with E-state index >= 15 is 0 Å². The van der Waals surface area contributed by atoms with Crippen molar-refractivity contribution in [1.29, 1.82) is 0 Å². The monoisotopic (exact) mass is 490 g/mol. The first kappa shape index (κ1) is 22.9. The van der Waals surface area contributed by atoms with E-state index in [-0.39, 0.29) is 17.2 Å². The molecule has 0 heterocycles. The van der Waals surface area contributed by atoms with Crippen molar-refractivity contribution >= 4 is 39.6 Å². The van der Waals surface area contributed by atoms with Crippen LogP contribution in [-0.4, -0.2) is 30.9 Å². The standard InChI is InChI=1S/C24H27BrO4S/c1-24(18-12-13-18,23(27)29-3)30-21(17-8-6-9-19(25)15-17)14-11-16-7-4-5-10-20(16)22(26)28-2/h4-10,15,18,21H,11-14H2,1-3H3.